The molecular weight excluding hydrogens is 236 g/mol. The number of aromatic nitrogens is 2. The van der Waals surface area contributed by atoms with Crippen LogP contribution in [0.5, 0.6) is 0 Å². The van der Waals surface area contributed by atoms with Crippen molar-refractivity contribution in [1.82, 2.24) is 14.5 Å². The lowest BCUT2D eigenvalue weighted by Crippen LogP contribution is -2.35. The number of likely N-dealkylation sites (tertiary alicyclic amines) is 1. The van der Waals surface area contributed by atoms with Crippen LogP contribution in [0.2, 0.25) is 0 Å². The van der Waals surface area contributed by atoms with E-state index in [1.165, 1.54) is 45.3 Å². The number of anilines is 1. The largest absolute Gasteiger partial charge is 0.355 e. The highest BCUT2D eigenvalue weighted by Crippen LogP contribution is 2.37. The third-order valence-electron chi connectivity index (χ3n) is 4.50. The van der Waals surface area contributed by atoms with Crippen molar-refractivity contribution in [2.24, 2.45) is 5.92 Å². The summed E-state index contributed by atoms with van der Waals surface area (Å²) in [6.07, 6.45) is 7.48. The molecule has 1 saturated carbocycles. The van der Waals surface area contributed by atoms with Gasteiger partial charge in [0.15, 0.2) is 0 Å². The third kappa shape index (κ3) is 3.11. The lowest BCUT2D eigenvalue weighted by molar-refractivity contribution is 0.198. The molecule has 1 saturated heterocycles. The van der Waals surface area contributed by atoms with Crippen LogP contribution in [0.1, 0.15) is 44.3 Å². The van der Waals surface area contributed by atoms with E-state index in [1.54, 1.807) is 0 Å². The molecule has 1 aliphatic heterocycles. The summed E-state index contributed by atoms with van der Waals surface area (Å²) in [5, 5.41) is 3.59. The number of rotatable bonds is 5. The second-order valence-corrected chi connectivity index (χ2v) is 6.10. The van der Waals surface area contributed by atoms with Crippen molar-refractivity contribution in [3.8, 4) is 0 Å². The Morgan fingerprint density at radius 1 is 1.26 bits per heavy atom. The molecule has 0 spiro atoms. The summed E-state index contributed by atoms with van der Waals surface area (Å²) in [7, 11) is 0. The predicted molar refractivity (Wildman–Crippen MR) is 78.6 cm³/mol. The molecule has 19 heavy (non-hydrogen) atoms. The van der Waals surface area contributed by atoms with E-state index < -0.39 is 0 Å². The monoisotopic (exact) mass is 262 g/mol. The maximum absolute atomic E-state index is 4.63. The van der Waals surface area contributed by atoms with Crippen molar-refractivity contribution in [3.63, 3.8) is 0 Å². The molecule has 2 fully saturated rings. The van der Waals surface area contributed by atoms with Crippen molar-refractivity contribution in [3.05, 3.63) is 11.9 Å². The summed E-state index contributed by atoms with van der Waals surface area (Å²) in [5.74, 6) is 1.91. The summed E-state index contributed by atoms with van der Waals surface area (Å²) in [4.78, 5) is 7.18. The highest BCUT2D eigenvalue weighted by molar-refractivity contribution is 5.30. The molecule has 2 heterocycles. The van der Waals surface area contributed by atoms with Crippen LogP contribution in [0, 0.1) is 12.8 Å². The van der Waals surface area contributed by atoms with Crippen LogP contribution in [0.4, 0.5) is 5.95 Å². The maximum atomic E-state index is 4.63. The van der Waals surface area contributed by atoms with Crippen LogP contribution in [0.25, 0.3) is 0 Å². The molecular formula is C15H26N4. The molecule has 0 amide bonds. The molecule has 4 nitrogen and oxygen atoms in total. The fraction of sp³-hybridized carbons (Fsp3) is 0.800. The summed E-state index contributed by atoms with van der Waals surface area (Å²) in [6.45, 7) is 9.15. The fourth-order valence-electron chi connectivity index (χ4n) is 3.02. The minimum absolute atomic E-state index is 0.714. The number of hydrogen-bond donors (Lipinski definition) is 1. The van der Waals surface area contributed by atoms with Gasteiger partial charge in [-0.25, -0.2) is 4.98 Å². The molecule has 0 unspecified atom stereocenters. The number of nitrogens with one attached hydrogen (secondary N) is 1. The van der Waals surface area contributed by atoms with Crippen LogP contribution in [0.15, 0.2) is 6.20 Å². The molecule has 1 N–H and O–H groups in total. The van der Waals surface area contributed by atoms with Gasteiger partial charge in [0.05, 0.1) is 5.69 Å². The zero-order valence-electron chi connectivity index (χ0n) is 12.2. The molecule has 4 heteroatoms. The third-order valence-corrected chi connectivity index (χ3v) is 4.50. The average Bonchev–Trinajstić information content (AvgIpc) is 3.21. The second kappa shape index (κ2) is 5.53. The van der Waals surface area contributed by atoms with Crippen molar-refractivity contribution >= 4 is 5.95 Å². The molecule has 1 aliphatic carbocycles. The number of aryl methyl sites for hydroxylation is 1. The van der Waals surface area contributed by atoms with E-state index in [0.29, 0.717) is 6.04 Å². The van der Waals surface area contributed by atoms with Crippen molar-refractivity contribution in [2.75, 3.05) is 31.5 Å². The second-order valence-electron chi connectivity index (χ2n) is 6.10. The van der Waals surface area contributed by atoms with E-state index in [2.05, 4.69) is 39.8 Å². The Kier molecular flexibility index (Phi) is 3.78. The Bertz CT molecular complexity index is 414. The minimum Gasteiger partial charge on any atom is -0.355 e. The Morgan fingerprint density at radius 3 is 2.63 bits per heavy atom. The van der Waals surface area contributed by atoms with Gasteiger partial charge in [0.1, 0.15) is 0 Å². The van der Waals surface area contributed by atoms with Gasteiger partial charge in [0.25, 0.3) is 0 Å². The van der Waals surface area contributed by atoms with Crippen LogP contribution in [-0.4, -0.2) is 40.6 Å². The zero-order valence-corrected chi connectivity index (χ0v) is 12.2. The molecule has 2 aliphatic rings. The predicted octanol–water partition coefficient (Wildman–Crippen LogP) is 2.67. The van der Waals surface area contributed by atoms with Gasteiger partial charge in [-0.2, -0.15) is 0 Å². The minimum atomic E-state index is 0.714. The first-order chi connectivity index (χ1) is 9.26. The first-order valence-corrected chi connectivity index (χ1v) is 7.78. The van der Waals surface area contributed by atoms with Gasteiger partial charge < -0.3 is 14.8 Å². The van der Waals surface area contributed by atoms with Gasteiger partial charge in [0.2, 0.25) is 5.95 Å². The smallest absolute Gasteiger partial charge is 0.203 e. The van der Waals surface area contributed by atoms with Gasteiger partial charge in [0, 0.05) is 18.8 Å². The quantitative estimate of drug-likeness (QED) is 0.885. The van der Waals surface area contributed by atoms with Crippen molar-refractivity contribution in [2.45, 2.75) is 45.6 Å². The van der Waals surface area contributed by atoms with E-state index in [-0.39, 0.29) is 0 Å². The lowest BCUT2D eigenvalue weighted by Gasteiger charge is -2.31. The lowest BCUT2D eigenvalue weighted by atomic mass is 9.97. The number of hydrogen-bond acceptors (Lipinski definition) is 3. The Hall–Kier alpha value is -1.03. The van der Waals surface area contributed by atoms with E-state index in [9.17, 15) is 0 Å². The Labute approximate surface area is 116 Å². The topological polar surface area (TPSA) is 33.1 Å². The molecule has 1 aromatic rings. The Morgan fingerprint density at radius 2 is 2.00 bits per heavy atom. The first kappa shape index (κ1) is 13.0. The standard InChI is InChI=1S/C15H26N4/c1-3-18-8-6-13(7-9-18)10-16-15-17-12(2)11-19(15)14-4-5-14/h11,13-14H,3-10H2,1-2H3,(H,16,17). The molecule has 1 aromatic heterocycles. The number of imidazole rings is 1. The van der Waals surface area contributed by atoms with Crippen LogP contribution in [0.3, 0.4) is 0 Å². The Balaban J connectivity index is 1.52. The van der Waals surface area contributed by atoms with Gasteiger partial charge in [-0.15, -0.1) is 0 Å². The summed E-state index contributed by atoms with van der Waals surface area (Å²) in [5.41, 5.74) is 1.13. The summed E-state index contributed by atoms with van der Waals surface area (Å²) in [6, 6.07) is 0.714. The van der Waals surface area contributed by atoms with Gasteiger partial charge in [-0.1, -0.05) is 6.92 Å². The van der Waals surface area contributed by atoms with Crippen LogP contribution in [-0.2, 0) is 0 Å². The fourth-order valence-corrected chi connectivity index (χ4v) is 3.02. The van der Waals surface area contributed by atoms with Gasteiger partial charge in [-0.3, -0.25) is 0 Å². The van der Waals surface area contributed by atoms with Crippen LogP contribution < -0.4 is 5.32 Å². The molecule has 0 atom stereocenters. The van der Waals surface area contributed by atoms with Crippen LogP contribution >= 0.6 is 0 Å². The molecule has 0 aromatic carbocycles. The van der Waals surface area contributed by atoms with Crippen molar-refractivity contribution in [1.29, 1.82) is 0 Å². The SMILES string of the molecule is CCN1CCC(CNc2nc(C)cn2C2CC2)CC1. The molecule has 106 valence electrons. The average molecular weight is 262 g/mol. The van der Waals surface area contributed by atoms with E-state index in [4.69, 9.17) is 0 Å². The normalized spacial score (nSPS) is 21.8. The van der Waals surface area contributed by atoms with E-state index in [1.807, 2.05) is 0 Å². The maximum Gasteiger partial charge on any atom is 0.203 e. The first-order valence-electron chi connectivity index (χ1n) is 7.78. The zero-order chi connectivity index (χ0) is 13.2. The summed E-state index contributed by atoms with van der Waals surface area (Å²) < 4.78 is 2.34. The van der Waals surface area contributed by atoms with E-state index in [0.717, 1.165) is 24.1 Å². The molecule has 3 rings (SSSR count). The summed E-state index contributed by atoms with van der Waals surface area (Å²) >= 11 is 0. The highest BCUT2D eigenvalue weighted by atomic mass is 15.2. The number of nitrogens with zero attached hydrogens (tertiary/aromatic N) is 3. The molecule has 0 bridgehead atoms. The van der Waals surface area contributed by atoms with E-state index >= 15 is 0 Å². The highest BCUT2D eigenvalue weighted by Gasteiger charge is 2.26. The van der Waals surface area contributed by atoms with Crippen molar-refractivity contribution < 1.29 is 0 Å². The molecule has 0 radical (unpaired) electrons. The number of piperidine rings is 1. The van der Waals surface area contributed by atoms with Gasteiger partial charge in [-0.05, 0) is 58.2 Å². The van der Waals surface area contributed by atoms with Gasteiger partial charge >= 0.3 is 0 Å².